The molecule has 0 aromatic carbocycles. The third-order valence-corrected chi connectivity index (χ3v) is 4.10. The van der Waals surface area contributed by atoms with Gasteiger partial charge in [-0.1, -0.05) is 40.5 Å². The lowest BCUT2D eigenvalue weighted by Crippen LogP contribution is -2.42. The average molecular weight is 252 g/mol. The molecule has 2 fully saturated rings. The zero-order valence-electron chi connectivity index (χ0n) is 12.3. The molecule has 2 rings (SSSR count). The van der Waals surface area contributed by atoms with E-state index in [1.807, 2.05) is 0 Å². The lowest BCUT2D eigenvalue weighted by Gasteiger charge is -2.27. The van der Waals surface area contributed by atoms with Gasteiger partial charge in [0.2, 0.25) is 5.91 Å². The molecule has 0 bridgehead atoms. The molecule has 0 spiro atoms. The summed E-state index contributed by atoms with van der Waals surface area (Å²) in [6, 6.07) is 0.0524. The van der Waals surface area contributed by atoms with Crippen molar-refractivity contribution in [3.8, 4) is 0 Å². The van der Waals surface area contributed by atoms with Crippen molar-refractivity contribution in [2.45, 2.75) is 65.6 Å². The number of carbonyl (C=O) groups is 1. The second-order valence-electron chi connectivity index (χ2n) is 6.80. The van der Waals surface area contributed by atoms with Crippen molar-refractivity contribution in [3.05, 3.63) is 0 Å². The summed E-state index contributed by atoms with van der Waals surface area (Å²) in [7, 11) is 0. The van der Waals surface area contributed by atoms with Gasteiger partial charge in [-0.05, 0) is 30.6 Å². The third-order valence-electron chi connectivity index (χ3n) is 4.10. The molecule has 104 valence electrons. The van der Waals surface area contributed by atoms with Crippen molar-refractivity contribution >= 4 is 5.91 Å². The van der Waals surface area contributed by atoms with Gasteiger partial charge in [-0.2, -0.15) is 0 Å². The molecule has 0 aromatic heterocycles. The van der Waals surface area contributed by atoms with Crippen LogP contribution >= 0.6 is 0 Å². The molecule has 18 heavy (non-hydrogen) atoms. The first-order valence-electron chi connectivity index (χ1n) is 7.55. The summed E-state index contributed by atoms with van der Waals surface area (Å²) in [5, 5.41) is 3.54. The molecule has 1 aliphatic carbocycles. The first-order chi connectivity index (χ1) is 8.49. The maximum Gasteiger partial charge on any atom is 0.241 e. The Morgan fingerprint density at radius 3 is 2.44 bits per heavy atom. The molecular weight excluding hydrogens is 224 g/mol. The van der Waals surface area contributed by atoms with Crippen molar-refractivity contribution in [3.63, 3.8) is 0 Å². The minimum absolute atomic E-state index is 0.0524. The van der Waals surface area contributed by atoms with Crippen LogP contribution in [0.3, 0.4) is 0 Å². The van der Waals surface area contributed by atoms with Gasteiger partial charge < -0.3 is 4.90 Å². The summed E-state index contributed by atoms with van der Waals surface area (Å²) in [6.07, 6.45) is 5.15. The van der Waals surface area contributed by atoms with Crippen LogP contribution in [0.15, 0.2) is 0 Å². The number of nitrogens with one attached hydrogen (secondary N) is 1. The summed E-state index contributed by atoms with van der Waals surface area (Å²) in [4.78, 5) is 14.6. The molecule has 3 heteroatoms. The van der Waals surface area contributed by atoms with Crippen LogP contribution < -0.4 is 5.32 Å². The highest BCUT2D eigenvalue weighted by atomic mass is 16.2. The minimum atomic E-state index is 0.0524. The fourth-order valence-corrected chi connectivity index (χ4v) is 2.87. The lowest BCUT2D eigenvalue weighted by molar-refractivity contribution is -0.130. The van der Waals surface area contributed by atoms with Crippen LogP contribution in [0.4, 0.5) is 0 Å². The summed E-state index contributed by atoms with van der Waals surface area (Å²) < 4.78 is 0. The van der Waals surface area contributed by atoms with Crippen molar-refractivity contribution in [2.24, 2.45) is 17.8 Å². The Labute approximate surface area is 111 Å². The molecule has 3 nitrogen and oxygen atoms in total. The molecule has 0 aromatic rings. The van der Waals surface area contributed by atoms with Crippen molar-refractivity contribution in [2.75, 3.05) is 6.54 Å². The third kappa shape index (κ3) is 3.25. The normalized spacial score (nSPS) is 28.8. The smallest absolute Gasteiger partial charge is 0.241 e. The van der Waals surface area contributed by atoms with Gasteiger partial charge in [-0.15, -0.1) is 0 Å². The van der Waals surface area contributed by atoms with E-state index < -0.39 is 0 Å². The van der Waals surface area contributed by atoms with E-state index in [0.717, 1.165) is 18.9 Å². The quantitative estimate of drug-likeness (QED) is 0.788. The van der Waals surface area contributed by atoms with Crippen LogP contribution in [0, 0.1) is 17.8 Å². The predicted molar refractivity (Wildman–Crippen MR) is 74.1 cm³/mol. The van der Waals surface area contributed by atoms with Crippen LogP contribution in [-0.4, -0.2) is 29.6 Å². The summed E-state index contributed by atoms with van der Waals surface area (Å²) in [6.45, 7) is 9.73. The number of rotatable bonds is 6. The molecule has 1 heterocycles. The standard InChI is InChI=1S/C15H28N2O/c1-10(2)9-13-15(18)17(8-7-12-5-6-12)14(16-13)11(3)4/h10-14,16H,5-9H2,1-4H3. The number of nitrogens with zero attached hydrogens (tertiary/aromatic N) is 1. The molecule has 1 N–H and O–H groups in total. The first-order valence-corrected chi connectivity index (χ1v) is 7.55. The van der Waals surface area contributed by atoms with Gasteiger partial charge in [-0.3, -0.25) is 10.1 Å². The van der Waals surface area contributed by atoms with Crippen molar-refractivity contribution in [1.29, 1.82) is 0 Å². The second-order valence-corrected chi connectivity index (χ2v) is 6.80. The topological polar surface area (TPSA) is 32.3 Å². The number of carbonyl (C=O) groups excluding carboxylic acids is 1. The molecule has 1 saturated heterocycles. The minimum Gasteiger partial charge on any atom is -0.326 e. The van der Waals surface area contributed by atoms with Crippen LogP contribution in [-0.2, 0) is 4.79 Å². The Bertz CT molecular complexity index is 297. The zero-order valence-corrected chi connectivity index (χ0v) is 12.3. The Balaban J connectivity index is 1.96. The van der Waals surface area contributed by atoms with E-state index in [4.69, 9.17) is 0 Å². The fraction of sp³-hybridized carbons (Fsp3) is 0.933. The fourth-order valence-electron chi connectivity index (χ4n) is 2.87. The molecule has 1 aliphatic heterocycles. The number of amides is 1. The van der Waals surface area contributed by atoms with Crippen LogP contribution in [0.1, 0.15) is 53.4 Å². The van der Waals surface area contributed by atoms with Crippen molar-refractivity contribution in [1.82, 2.24) is 10.2 Å². The Kier molecular flexibility index (Phi) is 4.31. The van der Waals surface area contributed by atoms with Gasteiger partial charge >= 0.3 is 0 Å². The molecule has 2 unspecified atom stereocenters. The SMILES string of the molecule is CC(C)CC1NC(C(C)C)N(CCC2CC2)C1=O. The maximum absolute atomic E-state index is 12.5. The molecule has 1 saturated carbocycles. The van der Waals surface area contributed by atoms with E-state index in [-0.39, 0.29) is 12.2 Å². The highest BCUT2D eigenvalue weighted by molar-refractivity contribution is 5.84. The van der Waals surface area contributed by atoms with Gasteiger partial charge in [0, 0.05) is 6.54 Å². The summed E-state index contributed by atoms with van der Waals surface area (Å²) in [5.74, 6) is 2.30. The number of hydrogen-bond acceptors (Lipinski definition) is 2. The van der Waals surface area contributed by atoms with Gasteiger partial charge in [0.1, 0.15) is 0 Å². The molecular formula is C15H28N2O. The summed E-state index contributed by atoms with van der Waals surface area (Å²) in [5.41, 5.74) is 0. The van der Waals surface area contributed by atoms with E-state index in [9.17, 15) is 4.79 Å². The Hall–Kier alpha value is -0.570. The monoisotopic (exact) mass is 252 g/mol. The molecule has 0 radical (unpaired) electrons. The van der Waals surface area contributed by atoms with Crippen LogP contribution in [0.2, 0.25) is 0 Å². The molecule has 2 aliphatic rings. The Morgan fingerprint density at radius 2 is 1.94 bits per heavy atom. The van der Waals surface area contributed by atoms with Gasteiger partial charge in [-0.25, -0.2) is 0 Å². The van der Waals surface area contributed by atoms with Crippen LogP contribution in [0.25, 0.3) is 0 Å². The average Bonchev–Trinajstić information content (AvgIpc) is 3.04. The van der Waals surface area contributed by atoms with Gasteiger partial charge in [0.25, 0.3) is 0 Å². The first kappa shape index (κ1) is 13.9. The Morgan fingerprint density at radius 1 is 1.28 bits per heavy atom. The summed E-state index contributed by atoms with van der Waals surface area (Å²) >= 11 is 0. The van der Waals surface area contributed by atoms with E-state index in [0.29, 0.717) is 17.7 Å². The van der Waals surface area contributed by atoms with E-state index in [2.05, 4.69) is 37.9 Å². The maximum atomic E-state index is 12.5. The highest BCUT2D eigenvalue weighted by Gasteiger charge is 2.40. The lowest BCUT2D eigenvalue weighted by atomic mass is 10.0. The zero-order chi connectivity index (χ0) is 13.3. The van der Waals surface area contributed by atoms with E-state index in [1.165, 1.54) is 19.3 Å². The highest BCUT2D eigenvalue weighted by Crippen LogP contribution is 2.33. The predicted octanol–water partition coefficient (Wildman–Crippen LogP) is 2.62. The molecule has 2 atom stereocenters. The largest absolute Gasteiger partial charge is 0.326 e. The van der Waals surface area contributed by atoms with Crippen molar-refractivity contribution < 1.29 is 4.79 Å². The second kappa shape index (κ2) is 5.60. The van der Waals surface area contributed by atoms with E-state index in [1.54, 1.807) is 0 Å². The van der Waals surface area contributed by atoms with Gasteiger partial charge in [0.15, 0.2) is 0 Å². The molecule has 1 amide bonds. The number of hydrogen-bond donors (Lipinski definition) is 1. The van der Waals surface area contributed by atoms with Gasteiger partial charge in [0.05, 0.1) is 12.2 Å². The van der Waals surface area contributed by atoms with Crippen LogP contribution in [0.5, 0.6) is 0 Å². The van der Waals surface area contributed by atoms with E-state index >= 15 is 0 Å².